The highest BCUT2D eigenvalue weighted by Crippen LogP contribution is 2.40. The Kier molecular flexibility index (Phi) is 5.52. The standard InChI is InChI=1S/C13H10ClF3N4O2S/c1-24-11-10(23-12(22)21-18)7(2-3-19-11)9-8(14)4-6(5-20-9)13(15,16)17/h2-5H,18H2,1H3,(H,21,22). The first-order chi connectivity index (χ1) is 11.3. The third-order valence-corrected chi connectivity index (χ3v) is 3.77. The molecular formula is C13H10ClF3N4O2S. The molecule has 0 atom stereocenters. The molecule has 0 radical (unpaired) electrons. The van der Waals surface area contributed by atoms with Gasteiger partial charge in [-0.2, -0.15) is 13.2 Å². The van der Waals surface area contributed by atoms with Gasteiger partial charge in [-0.05, 0) is 18.4 Å². The van der Waals surface area contributed by atoms with Gasteiger partial charge in [0.1, 0.15) is 5.03 Å². The van der Waals surface area contributed by atoms with Gasteiger partial charge in [0, 0.05) is 18.0 Å². The molecule has 0 unspecified atom stereocenters. The Balaban J connectivity index is 2.58. The highest BCUT2D eigenvalue weighted by molar-refractivity contribution is 7.98. The topological polar surface area (TPSA) is 90.1 Å². The Bertz CT molecular complexity index is 773. The summed E-state index contributed by atoms with van der Waals surface area (Å²) in [4.78, 5) is 19.2. The molecule has 0 saturated carbocycles. The fourth-order valence-corrected chi connectivity index (χ4v) is 2.54. The summed E-state index contributed by atoms with van der Waals surface area (Å²) < 4.78 is 43.2. The summed E-state index contributed by atoms with van der Waals surface area (Å²) in [5.41, 5.74) is 1.02. The predicted molar refractivity (Wildman–Crippen MR) is 82.6 cm³/mol. The molecule has 3 N–H and O–H groups in total. The minimum Gasteiger partial charge on any atom is -0.406 e. The third kappa shape index (κ3) is 3.89. The Morgan fingerprint density at radius 3 is 2.67 bits per heavy atom. The fourth-order valence-electron chi connectivity index (χ4n) is 1.77. The highest BCUT2D eigenvalue weighted by atomic mass is 35.5. The first-order valence-corrected chi connectivity index (χ1v) is 7.82. The number of carbonyl (C=O) groups excluding carboxylic acids is 1. The monoisotopic (exact) mass is 378 g/mol. The SMILES string of the molecule is CSc1nccc(-c2ncc(C(F)(F)F)cc2Cl)c1OC(=O)NN. The number of halogens is 4. The van der Waals surface area contributed by atoms with Crippen molar-refractivity contribution in [2.45, 2.75) is 11.2 Å². The molecule has 128 valence electrons. The van der Waals surface area contributed by atoms with E-state index in [0.717, 1.165) is 17.8 Å². The number of alkyl halides is 3. The molecule has 1 amide bonds. The number of thioether (sulfide) groups is 1. The van der Waals surface area contributed by atoms with E-state index in [1.165, 1.54) is 12.3 Å². The van der Waals surface area contributed by atoms with E-state index in [1.807, 2.05) is 0 Å². The van der Waals surface area contributed by atoms with Gasteiger partial charge in [-0.1, -0.05) is 11.6 Å². The van der Waals surface area contributed by atoms with Crippen LogP contribution in [0.1, 0.15) is 5.56 Å². The Labute approximate surface area is 143 Å². The van der Waals surface area contributed by atoms with Crippen LogP contribution in [0.3, 0.4) is 0 Å². The number of hydrazine groups is 1. The second kappa shape index (κ2) is 7.24. The minimum absolute atomic E-state index is 0.0119. The van der Waals surface area contributed by atoms with Gasteiger partial charge in [0.25, 0.3) is 0 Å². The van der Waals surface area contributed by atoms with Crippen LogP contribution >= 0.6 is 23.4 Å². The number of nitrogens with zero attached hydrogens (tertiary/aromatic N) is 2. The van der Waals surface area contributed by atoms with Gasteiger partial charge in [-0.15, -0.1) is 11.8 Å². The van der Waals surface area contributed by atoms with E-state index in [2.05, 4.69) is 9.97 Å². The molecule has 2 aromatic rings. The van der Waals surface area contributed by atoms with Crippen molar-refractivity contribution in [3.63, 3.8) is 0 Å². The lowest BCUT2D eigenvalue weighted by Gasteiger charge is -2.14. The van der Waals surface area contributed by atoms with E-state index in [9.17, 15) is 18.0 Å². The van der Waals surface area contributed by atoms with Gasteiger partial charge in [0.15, 0.2) is 5.75 Å². The number of hydrogen-bond donors (Lipinski definition) is 2. The van der Waals surface area contributed by atoms with E-state index in [0.29, 0.717) is 11.2 Å². The molecule has 0 spiro atoms. The maximum atomic E-state index is 12.7. The summed E-state index contributed by atoms with van der Waals surface area (Å²) in [6.07, 6.45) is -1.82. The van der Waals surface area contributed by atoms with Crippen LogP contribution in [0.25, 0.3) is 11.3 Å². The molecule has 6 nitrogen and oxygen atoms in total. The van der Waals surface area contributed by atoms with Crippen molar-refractivity contribution in [2.75, 3.05) is 6.26 Å². The van der Waals surface area contributed by atoms with E-state index in [-0.39, 0.29) is 22.0 Å². The molecule has 0 aliphatic carbocycles. The maximum Gasteiger partial charge on any atom is 0.426 e. The molecule has 0 fully saturated rings. The smallest absolute Gasteiger partial charge is 0.406 e. The molecule has 2 aromatic heterocycles. The summed E-state index contributed by atoms with van der Waals surface area (Å²) in [6, 6.07) is 2.16. The van der Waals surface area contributed by atoms with Crippen LogP contribution < -0.4 is 16.0 Å². The highest BCUT2D eigenvalue weighted by Gasteiger charge is 2.32. The van der Waals surface area contributed by atoms with Crippen LogP contribution in [0.5, 0.6) is 5.75 Å². The number of nitrogens with two attached hydrogens (primary N) is 1. The third-order valence-electron chi connectivity index (χ3n) is 2.80. The van der Waals surface area contributed by atoms with Crippen molar-refractivity contribution in [1.82, 2.24) is 15.4 Å². The average molecular weight is 379 g/mol. The molecule has 0 aromatic carbocycles. The molecule has 2 rings (SSSR count). The molecular weight excluding hydrogens is 369 g/mol. The number of hydrogen-bond acceptors (Lipinski definition) is 6. The lowest BCUT2D eigenvalue weighted by Crippen LogP contribution is -2.33. The van der Waals surface area contributed by atoms with Crippen LogP contribution in [0.15, 0.2) is 29.6 Å². The van der Waals surface area contributed by atoms with Crippen LogP contribution in [-0.4, -0.2) is 22.3 Å². The lowest BCUT2D eigenvalue weighted by atomic mass is 10.1. The summed E-state index contributed by atoms with van der Waals surface area (Å²) in [7, 11) is 0. The zero-order chi connectivity index (χ0) is 17.9. The summed E-state index contributed by atoms with van der Waals surface area (Å²) in [5.74, 6) is 4.97. The second-order valence-corrected chi connectivity index (χ2v) is 5.49. The number of nitrogens with one attached hydrogen (secondary N) is 1. The van der Waals surface area contributed by atoms with Gasteiger partial charge in [0.2, 0.25) is 0 Å². The van der Waals surface area contributed by atoms with Crippen molar-refractivity contribution >= 4 is 29.5 Å². The number of amides is 1. The van der Waals surface area contributed by atoms with E-state index in [1.54, 1.807) is 11.7 Å². The van der Waals surface area contributed by atoms with Crippen LogP contribution in [-0.2, 0) is 6.18 Å². The van der Waals surface area contributed by atoms with Gasteiger partial charge in [0.05, 0.1) is 16.3 Å². The van der Waals surface area contributed by atoms with Gasteiger partial charge < -0.3 is 4.74 Å². The Hall–Kier alpha value is -2.04. The second-order valence-electron chi connectivity index (χ2n) is 4.28. The van der Waals surface area contributed by atoms with Gasteiger partial charge >= 0.3 is 12.3 Å². The number of aromatic nitrogens is 2. The van der Waals surface area contributed by atoms with Crippen molar-refractivity contribution < 1.29 is 22.7 Å². The molecule has 0 aliphatic heterocycles. The summed E-state index contributed by atoms with van der Waals surface area (Å²) >= 11 is 7.10. The van der Waals surface area contributed by atoms with Crippen molar-refractivity contribution in [3.05, 3.63) is 35.1 Å². The van der Waals surface area contributed by atoms with E-state index in [4.69, 9.17) is 22.2 Å². The number of carbonyl (C=O) groups is 1. The van der Waals surface area contributed by atoms with Crippen LogP contribution in [0.4, 0.5) is 18.0 Å². The number of rotatable bonds is 3. The first-order valence-electron chi connectivity index (χ1n) is 6.22. The minimum atomic E-state index is -4.57. The maximum absolute atomic E-state index is 12.7. The zero-order valence-corrected chi connectivity index (χ0v) is 13.6. The van der Waals surface area contributed by atoms with Crippen LogP contribution in [0.2, 0.25) is 5.02 Å². The summed E-state index contributed by atoms with van der Waals surface area (Å²) in [5, 5.41) is 0.0648. The van der Waals surface area contributed by atoms with E-state index >= 15 is 0 Å². The fraction of sp³-hybridized carbons (Fsp3) is 0.154. The largest absolute Gasteiger partial charge is 0.426 e. The first kappa shape index (κ1) is 18.3. The van der Waals surface area contributed by atoms with Crippen molar-refractivity contribution in [1.29, 1.82) is 0 Å². The van der Waals surface area contributed by atoms with Gasteiger partial charge in [-0.3, -0.25) is 10.4 Å². The molecule has 2 heterocycles. The molecule has 0 aliphatic rings. The van der Waals surface area contributed by atoms with E-state index < -0.39 is 17.8 Å². The molecule has 24 heavy (non-hydrogen) atoms. The molecule has 11 heteroatoms. The molecule has 0 saturated heterocycles. The Morgan fingerprint density at radius 2 is 2.12 bits per heavy atom. The predicted octanol–water partition coefficient (Wildman–Crippen LogP) is 3.50. The van der Waals surface area contributed by atoms with Gasteiger partial charge in [-0.25, -0.2) is 15.6 Å². The average Bonchev–Trinajstić information content (AvgIpc) is 2.54. The Morgan fingerprint density at radius 1 is 1.42 bits per heavy atom. The number of pyridine rings is 2. The lowest BCUT2D eigenvalue weighted by molar-refractivity contribution is -0.137. The number of ether oxygens (including phenoxy) is 1. The molecule has 0 bridgehead atoms. The van der Waals surface area contributed by atoms with Crippen molar-refractivity contribution in [3.8, 4) is 17.0 Å². The van der Waals surface area contributed by atoms with Crippen LogP contribution in [0, 0.1) is 0 Å². The quantitative estimate of drug-likeness (QED) is 0.368. The zero-order valence-electron chi connectivity index (χ0n) is 12.0. The van der Waals surface area contributed by atoms with Crippen molar-refractivity contribution in [2.24, 2.45) is 5.84 Å². The summed E-state index contributed by atoms with van der Waals surface area (Å²) in [6.45, 7) is 0. The normalized spacial score (nSPS) is 11.2.